The molecule has 1 saturated carbocycles. The predicted octanol–water partition coefficient (Wildman–Crippen LogP) is 3.92. The van der Waals surface area contributed by atoms with Gasteiger partial charge in [-0.15, -0.1) is 0 Å². The number of carboxylic acids is 1. The molecular weight excluding hydrogens is 212 g/mol. The van der Waals surface area contributed by atoms with Crippen LogP contribution in [0.2, 0.25) is 0 Å². The fraction of sp³-hybridized carbons (Fsp3) is 0.533. The molecule has 0 bridgehead atoms. The van der Waals surface area contributed by atoms with Crippen molar-refractivity contribution in [2.24, 2.45) is 0 Å². The Morgan fingerprint density at radius 2 is 1.76 bits per heavy atom. The van der Waals surface area contributed by atoms with Crippen LogP contribution in [0.15, 0.2) is 24.3 Å². The summed E-state index contributed by atoms with van der Waals surface area (Å²) in [6, 6.07) is 8.18. The number of hydrogen-bond donors (Lipinski definition) is 1. The van der Waals surface area contributed by atoms with Gasteiger partial charge in [-0.05, 0) is 36.8 Å². The smallest absolute Gasteiger partial charge is 0.310 e. The molecule has 1 aliphatic carbocycles. The van der Waals surface area contributed by atoms with Gasteiger partial charge in [0.15, 0.2) is 0 Å². The second kappa shape index (κ2) is 5.35. The first-order chi connectivity index (χ1) is 8.18. The van der Waals surface area contributed by atoms with Crippen molar-refractivity contribution in [3.05, 3.63) is 35.4 Å². The molecule has 0 spiro atoms. The van der Waals surface area contributed by atoms with Gasteiger partial charge in [0.2, 0.25) is 0 Å². The van der Waals surface area contributed by atoms with Gasteiger partial charge in [-0.25, -0.2) is 0 Å². The van der Waals surface area contributed by atoms with Crippen molar-refractivity contribution in [3.8, 4) is 0 Å². The molecule has 2 nitrogen and oxygen atoms in total. The van der Waals surface area contributed by atoms with Crippen molar-refractivity contribution in [2.75, 3.05) is 0 Å². The molecule has 1 aliphatic rings. The molecule has 92 valence electrons. The molecule has 1 fully saturated rings. The Bertz CT molecular complexity index is 374. The summed E-state index contributed by atoms with van der Waals surface area (Å²) < 4.78 is 0. The average molecular weight is 232 g/mol. The number of hydrogen-bond acceptors (Lipinski definition) is 1. The average Bonchev–Trinajstić information content (AvgIpc) is 2.39. The van der Waals surface area contributed by atoms with E-state index in [9.17, 15) is 4.79 Å². The first-order valence-corrected chi connectivity index (χ1v) is 6.51. The van der Waals surface area contributed by atoms with Crippen LogP contribution in [-0.4, -0.2) is 11.1 Å². The van der Waals surface area contributed by atoms with E-state index in [2.05, 4.69) is 12.1 Å². The molecule has 0 heterocycles. The summed E-state index contributed by atoms with van der Waals surface area (Å²) in [4.78, 5) is 10.9. The van der Waals surface area contributed by atoms with E-state index in [0.717, 1.165) is 5.56 Å². The molecule has 0 unspecified atom stereocenters. The molecule has 0 aromatic heterocycles. The maximum Gasteiger partial charge on any atom is 0.310 e. The first-order valence-electron chi connectivity index (χ1n) is 6.51. The van der Waals surface area contributed by atoms with Gasteiger partial charge in [0, 0.05) is 0 Å². The topological polar surface area (TPSA) is 37.3 Å². The van der Waals surface area contributed by atoms with Crippen molar-refractivity contribution in [2.45, 2.75) is 50.9 Å². The minimum atomic E-state index is -0.754. The van der Waals surface area contributed by atoms with Crippen LogP contribution >= 0.6 is 0 Å². The highest BCUT2D eigenvalue weighted by molar-refractivity contribution is 5.75. The van der Waals surface area contributed by atoms with Gasteiger partial charge >= 0.3 is 5.97 Å². The standard InChI is InChI=1S/C15H20O2/c1-11(15(16)17)12-7-9-14(10-8-12)13-5-3-2-4-6-13/h7-11,13H,2-6H2,1H3,(H,16,17)/t11-/m1/s1. The van der Waals surface area contributed by atoms with Crippen LogP contribution in [0.3, 0.4) is 0 Å². The third kappa shape index (κ3) is 2.87. The Morgan fingerprint density at radius 1 is 1.18 bits per heavy atom. The molecule has 1 aromatic rings. The van der Waals surface area contributed by atoms with E-state index in [-0.39, 0.29) is 0 Å². The summed E-state index contributed by atoms with van der Waals surface area (Å²) in [7, 11) is 0. The molecule has 1 atom stereocenters. The lowest BCUT2D eigenvalue weighted by molar-refractivity contribution is -0.138. The highest BCUT2D eigenvalue weighted by atomic mass is 16.4. The summed E-state index contributed by atoms with van der Waals surface area (Å²) in [5.41, 5.74) is 2.28. The van der Waals surface area contributed by atoms with E-state index in [4.69, 9.17) is 5.11 Å². The molecule has 0 aliphatic heterocycles. The minimum absolute atomic E-state index is 0.407. The van der Waals surface area contributed by atoms with Gasteiger partial charge < -0.3 is 5.11 Å². The molecule has 0 radical (unpaired) electrons. The Balaban J connectivity index is 2.09. The summed E-state index contributed by atoms with van der Waals surface area (Å²) in [5, 5.41) is 8.95. The summed E-state index contributed by atoms with van der Waals surface area (Å²) in [6.07, 6.45) is 6.60. The molecular formula is C15H20O2. The highest BCUT2D eigenvalue weighted by Crippen LogP contribution is 2.33. The van der Waals surface area contributed by atoms with E-state index in [1.165, 1.54) is 37.7 Å². The van der Waals surface area contributed by atoms with E-state index in [0.29, 0.717) is 5.92 Å². The van der Waals surface area contributed by atoms with Gasteiger partial charge in [0.1, 0.15) is 0 Å². The molecule has 0 amide bonds. The summed E-state index contributed by atoms with van der Waals surface area (Å²) in [6.45, 7) is 1.73. The lowest BCUT2D eigenvalue weighted by Crippen LogP contribution is -2.08. The molecule has 2 rings (SSSR count). The number of aliphatic carboxylic acids is 1. The zero-order chi connectivity index (χ0) is 12.3. The second-order valence-corrected chi connectivity index (χ2v) is 5.06. The quantitative estimate of drug-likeness (QED) is 0.857. The van der Waals surface area contributed by atoms with Crippen LogP contribution in [-0.2, 0) is 4.79 Å². The van der Waals surface area contributed by atoms with Gasteiger partial charge in [-0.2, -0.15) is 0 Å². The lowest BCUT2D eigenvalue weighted by atomic mass is 9.83. The fourth-order valence-electron chi connectivity index (χ4n) is 2.64. The van der Waals surface area contributed by atoms with Crippen molar-refractivity contribution < 1.29 is 9.90 Å². The van der Waals surface area contributed by atoms with Gasteiger partial charge in [0.05, 0.1) is 5.92 Å². The predicted molar refractivity (Wildman–Crippen MR) is 68.3 cm³/mol. The van der Waals surface area contributed by atoms with E-state index < -0.39 is 11.9 Å². The van der Waals surface area contributed by atoms with Crippen LogP contribution in [0.5, 0.6) is 0 Å². The van der Waals surface area contributed by atoms with Crippen molar-refractivity contribution in [1.82, 2.24) is 0 Å². The number of rotatable bonds is 3. The summed E-state index contributed by atoms with van der Waals surface area (Å²) >= 11 is 0. The number of carbonyl (C=O) groups is 1. The molecule has 2 heteroatoms. The SMILES string of the molecule is C[C@@H](C(=O)O)c1ccc(C2CCCCC2)cc1. The molecule has 0 saturated heterocycles. The normalized spacial score (nSPS) is 18.9. The molecule has 1 aromatic carbocycles. The molecule has 1 N–H and O–H groups in total. The third-order valence-corrected chi connectivity index (χ3v) is 3.88. The van der Waals surface area contributed by atoms with Crippen LogP contribution in [0.1, 0.15) is 62.0 Å². The van der Waals surface area contributed by atoms with Crippen molar-refractivity contribution >= 4 is 5.97 Å². The number of benzene rings is 1. The highest BCUT2D eigenvalue weighted by Gasteiger charge is 2.17. The Kier molecular flexibility index (Phi) is 3.82. The third-order valence-electron chi connectivity index (χ3n) is 3.88. The van der Waals surface area contributed by atoms with Crippen LogP contribution in [0, 0.1) is 0 Å². The maximum atomic E-state index is 10.9. The number of carboxylic acid groups (broad SMARTS) is 1. The monoisotopic (exact) mass is 232 g/mol. The Labute approximate surface area is 103 Å². The fourth-order valence-corrected chi connectivity index (χ4v) is 2.64. The Hall–Kier alpha value is -1.31. The van der Waals surface area contributed by atoms with Gasteiger partial charge in [-0.3, -0.25) is 4.79 Å². The van der Waals surface area contributed by atoms with Crippen LogP contribution < -0.4 is 0 Å². The van der Waals surface area contributed by atoms with E-state index in [1.54, 1.807) is 6.92 Å². The summed E-state index contributed by atoms with van der Waals surface area (Å²) in [5.74, 6) is -0.469. The van der Waals surface area contributed by atoms with Crippen molar-refractivity contribution in [3.63, 3.8) is 0 Å². The maximum absolute atomic E-state index is 10.9. The van der Waals surface area contributed by atoms with Crippen LogP contribution in [0.25, 0.3) is 0 Å². The van der Waals surface area contributed by atoms with Gasteiger partial charge in [-0.1, -0.05) is 43.5 Å². The lowest BCUT2D eigenvalue weighted by Gasteiger charge is -2.22. The largest absolute Gasteiger partial charge is 0.481 e. The van der Waals surface area contributed by atoms with Crippen LogP contribution in [0.4, 0.5) is 0 Å². The molecule has 17 heavy (non-hydrogen) atoms. The Morgan fingerprint density at radius 3 is 2.29 bits per heavy atom. The van der Waals surface area contributed by atoms with Crippen molar-refractivity contribution in [1.29, 1.82) is 0 Å². The minimum Gasteiger partial charge on any atom is -0.481 e. The second-order valence-electron chi connectivity index (χ2n) is 5.06. The van der Waals surface area contributed by atoms with E-state index >= 15 is 0 Å². The first kappa shape index (κ1) is 12.2. The van der Waals surface area contributed by atoms with Gasteiger partial charge in [0.25, 0.3) is 0 Å². The zero-order valence-electron chi connectivity index (χ0n) is 10.4. The zero-order valence-corrected chi connectivity index (χ0v) is 10.4. The van der Waals surface area contributed by atoms with E-state index in [1.807, 2.05) is 12.1 Å².